The van der Waals surface area contributed by atoms with E-state index in [1.165, 1.54) is 23.1 Å². The van der Waals surface area contributed by atoms with Crippen molar-refractivity contribution in [1.29, 1.82) is 0 Å². The second-order valence-electron chi connectivity index (χ2n) is 6.25. The Kier molecular flexibility index (Phi) is 6.66. The Labute approximate surface area is 191 Å². The van der Waals surface area contributed by atoms with Crippen molar-refractivity contribution < 1.29 is 9.59 Å². The molecule has 0 aliphatic rings. The summed E-state index contributed by atoms with van der Waals surface area (Å²) in [7, 11) is 0. The van der Waals surface area contributed by atoms with Gasteiger partial charge in [-0.05, 0) is 47.8 Å². The Morgan fingerprint density at radius 3 is 2.45 bits per heavy atom. The summed E-state index contributed by atoms with van der Waals surface area (Å²) in [5.74, 6) is -0.0239. The zero-order valence-corrected chi connectivity index (χ0v) is 18.4. The monoisotopic (exact) mass is 469 g/mol. The highest BCUT2D eigenvalue weighted by Crippen LogP contribution is 2.28. The van der Waals surface area contributed by atoms with Gasteiger partial charge in [0.25, 0.3) is 5.91 Å². The number of hydrazine groups is 1. The standard InChI is InChI=1S/C21H16ClN5O2S2/c22-15-10-8-14(9-11-15)19-24-26-21(27(19)16-5-2-1-3-6-16)31-13-18(28)23-25-20(29)17-7-4-12-30-17/h1-12H,13H2,(H,23,28)(H,25,29). The van der Waals surface area contributed by atoms with Crippen LogP contribution in [0.2, 0.25) is 5.02 Å². The number of thioether (sulfide) groups is 1. The number of rotatable bonds is 6. The molecule has 7 nitrogen and oxygen atoms in total. The summed E-state index contributed by atoms with van der Waals surface area (Å²) in [6.07, 6.45) is 0. The fourth-order valence-electron chi connectivity index (χ4n) is 2.72. The molecule has 2 amide bonds. The van der Waals surface area contributed by atoms with Crippen LogP contribution >= 0.6 is 34.7 Å². The molecule has 156 valence electrons. The third-order valence-corrected chi connectivity index (χ3v) is 6.19. The number of para-hydroxylation sites is 1. The minimum absolute atomic E-state index is 0.0519. The van der Waals surface area contributed by atoms with Crippen LogP contribution in [0.25, 0.3) is 17.1 Å². The molecule has 31 heavy (non-hydrogen) atoms. The van der Waals surface area contributed by atoms with Crippen LogP contribution in [-0.2, 0) is 4.79 Å². The topological polar surface area (TPSA) is 88.9 Å². The van der Waals surface area contributed by atoms with Gasteiger partial charge in [-0.2, -0.15) is 0 Å². The molecular formula is C21H16ClN5O2S2. The van der Waals surface area contributed by atoms with Crippen molar-refractivity contribution in [2.45, 2.75) is 5.16 Å². The van der Waals surface area contributed by atoms with E-state index < -0.39 is 0 Å². The molecule has 2 aromatic carbocycles. The van der Waals surface area contributed by atoms with Crippen LogP contribution < -0.4 is 10.9 Å². The van der Waals surface area contributed by atoms with E-state index in [0.29, 0.717) is 20.9 Å². The maximum atomic E-state index is 12.2. The second kappa shape index (κ2) is 9.78. The highest BCUT2D eigenvalue weighted by Gasteiger charge is 2.17. The van der Waals surface area contributed by atoms with Crippen molar-refractivity contribution in [3.8, 4) is 17.1 Å². The first-order chi connectivity index (χ1) is 15.1. The van der Waals surface area contributed by atoms with E-state index in [4.69, 9.17) is 11.6 Å². The average molecular weight is 470 g/mol. The summed E-state index contributed by atoms with van der Waals surface area (Å²) in [6, 6.07) is 20.4. The lowest BCUT2D eigenvalue weighted by molar-refractivity contribution is -0.119. The quantitative estimate of drug-likeness (QED) is 0.326. The first-order valence-electron chi connectivity index (χ1n) is 9.14. The van der Waals surface area contributed by atoms with Crippen molar-refractivity contribution in [2.75, 3.05) is 5.75 Å². The van der Waals surface area contributed by atoms with Crippen LogP contribution in [0, 0.1) is 0 Å². The number of carbonyl (C=O) groups excluding carboxylic acids is 2. The zero-order chi connectivity index (χ0) is 21.6. The number of thiophene rings is 1. The van der Waals surface area contributed by atoms with Gasteiger partial charge in [-0.15, -0.1) is 21.5 Å². The average Bonchev–Trinajstić information content (AvgIpc) is 3.47. The number of hydrogen-bond acceptors (Lipinski definition) is 6. The largest absolute Gasteiger partial charge is 0.279 e. The Morgan fingerprint density at radius 1 is 0.968 bits per heavy atom. The lowest BCUT2D eigenvalue weighted by atomic mass is 10.2. The third-order valence-electron chi connectivity index (χ3n) is 4.14. The predicted molar refractivity (Wildman–Crippen MR) is 122 cm³/mol. The summed E-state index contributed by atoms with van der Waals surface area (Å²) in [5, 5.41) is 11.6. The van der Waals surface area contributed by atoms with Crippen molar-refractivity contribution in [3.05, 3.63) is 82.0 Å². The maximum Gasteiger partial charge on any atom is 0.279 e. The molecule has 4 rings (SSSR count). The minimum Gasteiger partial charge on any atom is -0.272 e. The van der Waals surface area contributed by atoms with E-state index in [0.717, 1.165) is 11.3 Å². The van der Waals surface area contributed by atoms with Gasteiger partial charge in [0.2, 0.25) is 5.91 Å². The number of halogens is 1. The number of aromatic nitrogens is 3. The van der Waals surface area contributed by atoms with Crippen LogP contribution in [0.4, 0.5) is 0 Å². The summed E-state index contributed by atoms with van der Waals surface area (Å²) >= 11 is 8.53. The van der Waals surface area contributed by atoms with Gasteiger partial charge < -0.3 is 0 Å². The fourth-order valence-corrected chi connectivity index (χ4v) is 4.22. The van der Waals surface area contributed by atoms with Gasteiger partial charge in [0.1, 0.15) is 0 Å². The fraction of sp³-hybridized carbons (Fsp3) is 0.0476. The molecule has 2 aromatic heterocycles. The van der Waals surface area contributed by atoms with Gasteiger partial charge in [-0.3, -0.25) is 25.0 Å². The van der Waals surface area contributed by atoms with Crippen molar-refractivity contribution in [1.82, 2.24) is 25.6 Å². The molecule has 0 spiro atoms. The molecule has 0 aliphatic heterocycles. The molecule has 0 unspecified atom stereocenters. The van der Waals surface area contributed by atoms with Crippen LogP contribution in [0.1, 0.15) is 9.67 Å². The highest BCUT2D eigenvalue weighted by molar-refractivity contribution is 7.99. The van der Waals surface area contributed by atoms with Crippen LogP contribution in [0.15, 0.2) is 77.3 Å². The molecule has 0 aliphatic carbocycles. The van der Waals surface area contributed by atoms with Crippen molar-refractivity contribution >= 4 is 46.5 Å². The number of amides is 2. The van der Waals surface area contributed by atoms with E-state index in [2.05, 4.69) is 21.0 Å². The molecule has 10 heteroatoms. The molecule has 0 saturated carbocycles. The lowest BCUT2D eigenvalue weighted by Crippen LogP contribution is -2.42. The number of benzene rings is 2. The SMILES string of the molecule is O=C(CSc1nnc(-c2ccc(Cl)cc2)n1-c1ccccc1)NNC(=O)c1cccs1. The molecule has 0 saturated heterocycles. The Bertz CT molecular complexity index is 1180. The predicted octanol–water partition coefficient (Wildman–Crippen LogP) is 4.20. The van der Waals surface area contributed by atoms with E-state index in [1.807, 2.05) is 47.0 Å². The Balaban J connectivity index is 1.49. The maximum absolute atomic E-state index is 12.2. The smallest absolute Gasteiger partial charge is 0.272 e. The highest BCUT2D eigenvalue weighted by atomic mass is 35.5. The van der Waals surface area contributed by atoms with Gasteiger partial charge in [0, 0.05) is 16.3 Å². The third kappa shape index (κ3) is 5.13. The number of nitrogens with zero attached hydrogens (tertiary/aromatic N) is 3. The van der Waals surface area contributed by atoms with E-state index in [9.17, 15) is 9.59 Å². The normalized spacial score (nSPS) is 10.6. The van der Waals surface area contributed by atoms with Crippen LogP contribution in [0.5, 0.6) is 0 Å². The number of hydrogen-bond donors (Lipinski definition) is 2. The zero-order valence-electron chi connectivity index (χ0n) is 16.0. The molecule has 2 N–H and O–H groups in total. The van der Waals surface area contributed by atoms with Crippen molar-refractivity contribution in [2.24, 2.45) is 0 Å². The Hall–Kier alpha value is -3.14. The molecule has 0 fully saturated rings. The lowest BCUT2D eigenvalue weighted by Gasteiger charge is -2.10. The summed E-state index contributed by atoms with van der Waals surface area (Å²) in [6.45, 7) is 0. The number of carbonyl (C=O) groups is 2. The molecule has 0 bridgehead atoms. The van der Waals surface area contributed by atoms with Gasteiger partial charge in [0.05, 0.1) is 10.6 Å². The Morgan fingerprint density at radius 2 is 1.74 bits per heavy atom. The summed E-state index contributed by atoms with van der Waals surface area (Å²) in [5.41, 5.74) is 6.54. The van der Waals surface area contributed by atoms with Gasteiger partial charge >= 0.3 is 0 Å². The second-order valence-corrected chi connectivity index (χ2v) is 8.58. The molecule has 0 radical (unpaired) electrons. The summed E-state index contributed by atoms with van der Waals surface area (Å²) < 4.78 is 1.88. The van der Waals surface area contributed by atoms with Crippen LogP contribution in [0.3, 0.4) is 0 Å². The first-order valence-corrected chi connectivity index (χ1v) is 11.4. The van der Waals surface area contributed by atoms with E-state index in [-0.39, 0.29) is 17.6 Å². The molecular weight excluding hydrogens is 454 g/mol. The molecule has 0 atom stereocenters. The molecule has 2 heterocycles. The summed E-state index contributed by atoms with van der Waals surface area (Å²) in [4.78, 5) is 24.7. The van der Waals surface area contributed by atoms with Crippen molar-refractivity contribution in [3.63, 3.8) is 0 Å². The molecule has 4 aromatic rings. The first kappa shape index (κ1) is 21.1. The minimum atomic E-state index is -0.356. The number of nitrogens with one attached hydrogen (secondary N) is 2. The van der Waals surface area contributed by atoms with E-state index in [1.54, 1.807) is 29.6 Å². The van der Waals surface area contributed by atoms with Gasteiger partial charge in [0.15, 0.2) is 11.0 Å². The van der Waals surface area contributed by atoms with Crippen LogP contribution in [-0.4, -0.2) is 32.3 Å². The van der Waals surface area contributed by atoms with Gasteiger partial charge in [-0.25, -0.2) is 0 Å². The van der Waals surface area contributed by atoms with Gasteiger partial charge in [-0.1, -0.05) is 47.6 Å². The van der Waals surface area contributed by atoms with E-state index >= 15 is 0 Å².